The van der Waals surface area contributed by atoms with Gasteiger partial charge in [0.25, 0.3) is 0 Å². The molecule has 2 aromatic rings. The Morgan fingerprint density at radius 3 is 2.53 bits per heavy atom. The minimum atomic E-state index is -0.131. The molecule has 2 aromatic carbocycles. The summed E-state index contributed by atoms with van der Waals surface area (Å²) in [6.45, 7) is 3.85. The van der Waals surface area contributed by atoms with Gasteiger partial charge >= 0.3 is 0 Å². The van der Waals surface area contributed by atoms with Crippen LogP contribution in [0.2, 0.25) is 0 Å². The van der Waals surface area contributed by atoms with Crippen LogP contribution in [0.1, 0.15) is 21.5 Å². The summed E-state index contributed by atoms with van der Waals surface area (Å²) in [6.07, 6.45) is 0. The number of rotatable bonds is 2. The lowest BCUT2D eigenvalue weighted by molar-refractivity contribution is 0.108. The number of hydrogen-bond donors (Lipinski definition) is 0. The predicted molar refractivity (Wildman–Crippen MR) is 78.8 cm³/mol. The number of hydrogen-bond acceptors (Lipinski definition) is 3. The molecule has 0 unspecified atom stereocenters. The first-order valence-corrected chi connectivity index (χ1v) is 6.78. The summed E-state index contributed by atoms with van der Waals surface area (Å²) in [7, 11) is 0. The highest BCUT2D eigenvalue weighted by atomic mass is 32.2. The van der Waals surface area contributed by atoms with Crippen molar-refractivity contribution in [3.63, 3.8) is 0 Å². The van der Waals surface area contributed by atoms with E-state index in [0.717, 1.165) is 22.9 Å². The van der Waals surface area contributed by atoms with E-state index in [2.05, 4.69) is 0 Å². The maximum atomic E-state index is 12.3. The van der Waals surface area contributed by atoms with Crippen molar-refractivity contribution < 1.29 is 4.79 Å². The molecule has 0 saturated heterocycles. The smallest absolute Gasteiger partial charge is 0.224 e. The van der Waals surface area contributed by atoms with Crippen molar-refractivity contribution in [3.8, 4) is 0 Å². The molecule has 0 radical (unpaired) electrons. The van der Waals surface area contributed by atoms with Gasteiger partial charge in [0, 0.05) is 5.56 Å². The lowest BCUT2D eigenvalue weighted by atomic mass is 10.1. The first-order valence-electron chi connectivity index (χ1n) is 5.97. The summed E-state index contributed by atoms with van der Waals surface area (Å²) in [5.41, 5.74) is 2.50. The van der Waals surface area contributed by atoms with Crippen LogP contribution in [-0.4, -0.2) is 5.12 Å². The number of carbonyl (C=O) groups excluding carboxylic acids is 1. The SMILES string of the molecule is Cc1ccc(C)c(C(=O)Sc2cccccc2=O)c1. The van der Waals surface area contributed by atoms with Gasteiger partial charge in [0.15, 0.2) is 5.43 Å². The van der Waals surface area contributed by atoms with Crippen LogP contribution < -0.4 is 5.43 Å². The second-order valence-corrected chi connectivity index (χ2v) is 5.36. The van der Waals surface area contributed by atoms with Gasteiger partial charge < -0.3 is 0 Å². The summed E-state index contributed by atoms with van der Waals surface area (Å²) in [5.74, 6) is 0. The summed E-state index contributed by atoms with van der Waals surface area (Å²) in [6, 6.07) is 14.1. The van der Waals surface area contributed by atoms with Crippen LogP contribution in [0.15, 0.2) is 58.2 Å². The van der Waals surface area contributed by atoms with E-state index in [1.807, 2.05) is 32.0 Å². The van der Waals surface area contributed by atoms with E-state index in [4.69, 9.17) is 0 Å². The zero-order valence-corrected chi connectivity index (χ0v) is 11.7. The monoisotopic (exact) mass is 270 g/mol. The van der Waals surface area contributed by atoms with E-state index in [1.54, 1.807) is 24.3 Å². The maximum absolute atomic E-state index is 12.3. The van der Waals surface area contributed by atoms with Gasteiger partial charge in [-0.25, -0.2) is 0 Å². The molecular formula is C16H14O2S. The van der Waals surface area contributed by atoms with Crippen molar-refractivity contribution >= 4 is 16.9 Å². The van der Waals surface area contributed by atoms with Crippen molar-refractivity contribution in [2.75, 3.05) is 0 Å². The zero-order valence-electron chi connectivity index (χ0n) is 10.8. The highest BCUT2D eigenvalue weighted by Gasteiger charge is 2.12. The first-order chi connectivity index (χ1) is 9.08. The van der Waals surface area contributed by atoms with Gasteiger partial charge in [0.05, 0.1) is 4.90 Å². The van der Waals surface area contributed by atoms with Gasteiger partial charge in [-0.1, -0.05) is 35.9 Å². The fourth-order valence-electron chi connectivity index (χ4n) is 1.71. The van der Waals surface area contributed by atoms with E-state index < -0.39 is 0 Å². The highest BCUT2D eigenvalue weighted by molar-refractivity contribution is 8.14. The van der Waals surface area contributed by atoms with Crippen LogP contribution in [0, 0.1) is 13.8 Å². The van der Waals surface area contributed by atoms with Crippen LogP contribution >= 0.6 is 11.8 Å². The maximum Gasteiger partial charge on any atom is 0.224 e. The van der Waals surface area contributed by atoms with Crippen molar-refractivity contribution in [2.45, 2.75) is 18.7 Å². The third-order valence-electron chi connectivity index (χ3n) is 2.78. The molecule has 19 heavy (non-hydrogen) atoms. The van der Waals surface area contributed by atoms with Gasteiger partial charge in [-0.2, -0.15) is 0 Å². The molecule has 0 spiro atoms. The molecule has 0 aliphatic heterocycles. The van der Waals surface area contributed by atoms with Gasteiger partial charge in [0.2, 0.25) is 5.12 Å². The van der Waals surface area contributed by atoms with E-state index in [-0.39, 0.29) is 10.5 Å². The molecule has 3 heteroatoms. The molecule has 0 saturated carbocycles. The number of thioether (sulfide) groups is 1. The molecule has 0 atom stereocenters. The topological polar surface area (TPSA) is 34.1 Å². The van der Waals surface area contributed by atoms with Crippen molar-refractivity contribution in [1.29, 1.82) is 0 Å². The fourth-order valence-corrected chi connectivity index (χ4v) is 2.55. The quantitative estimate of drug-likeness (QED) is 0.782. The Morgan fingerprint density at radius 2 is 1.74 bits per heavy atom. The highest BCUT2D eigenvalue weighted by Crippen LogP contribution is 2.22. The molecule has 0 bridgehead atoms. The Hall–Kier alpha value is -1.87. The van der Waals surface area contributed by atoms with Crippen LogP contribution in [0.3, 0.4) is 0 Å². The van der Waals surface area contributed by atoms with E-state index >= 15 is 0 Å². The zero-order chi connectivity index (χ0) is 13.8. The molecule has 0 amide bonds. The van der Waals surface area contributed by atoms with Crippen LogP contribution in [0.4, 0.5) is 0 Å². The molecule has 0 fully saturated rings. The van der Waals surface area contributed by atoms with Crippen molar-refractivity contribution in [3.05, 3.63) is 75.4 Å². The Kier molecular flexibility index (Phi) is 4.17. The molecule has 96 valence electrons. The summed E-state index contributed by atoms with van der Waals surface area (Å²) in [4.78, 5) is 24.5. The lowest BCUT2D eigenvalue weighted by Gasteiger charge is -2.04. The van der Waals surface area contributed by atoms with Crippen LogP contribution in [0.5, 0.6) is 0 Å². The van der Waals surface area contributed by atoms with E-state index in [0.29, 0.717) is 10.5 Å². The normalized spacial score (nSPS) is 10.2. The first kappa shape index (κ1) is 13.6. The second kappa shape index (κ2) is 5.85. The number of benzene rings is 1. The largest absolute Gasteiger partial charge is 0.289 e. The summed E-state index contributed by atoms with van der Waals surface area (Å²) >= 11 is 0.988. The van der Waals surface area contributed by atoms with E-state index in [9.17, 15) is 9.59 Å². The third kappa shape index (κ3) is 3.32. The summed E-state index contributed by atoms with van der Waals surface area (Å²) < 4.78 is 0. The standard InChI is InChI=1S/C16H14O2S/c1-11-8-9-12(2)13(10-11)16(18)19-15-7-5-3-4-6-14(15)17/h3-10H,1-2H3. The van der Waals surface area contributed by atoms with Gasteiger partial charge in [-0.15, -0.1) is 0 Å². The number of aryl methyl sites for hydroxylation is 2. The van der Waals surface area contributed by atoms with Crippen LogP contribution in [0.25, 0.3) is 0 Å². The Balaban J connectivity index is 2.34. The predicted octanol–water partition coefficient (Wildman–Crippen LogP) is 3.60. The Bertz CT molecular complexity index is 678. The molecule has 0 N–H and O–H groups in total. The van der Waals surface area contributed by atoms with Crippen molar-refractivity contribution in [2.24, 2.45) is 0 Å². The lowest BCUT2D eigenvalue weighted by Crippen LogP contribution is -2.03. The van der Waals surface area contributed by atoms with Gasteiger partial charge in [-0.3, -0.25) is 9.59 Å². The Labute approximate surface area is 116 Å². The molecule has 0 aliphatic carbocycles. The molecule has 0 aromatic heterocycles. The average molecular weight is 270 g/mol. The molecule has 2 nitrogen and oxygen atoms in total. The third-order valence-corrected chi connectivity index (χ3v) is 3.74. The number of carbonyl (C=O) groups is 1. The van der Waals surface area contributed by atoms with Crippen LogP contribution in [-0.2, 0) is 0 Å². The van der Waals surface area contributed by atoms with E-state index in [1.165, 1.54) is 6.07 Å². The minimum Gasteiger partial charge on any atom is -0.289 e. The molecule has 0 heterocycles. The van der Waals surface area contributed by atoms with Gasteiger partial charge in [0.1, 0.15) is 0 Å². The fraction of sp³-hybridized carbons (Fsp3) is 0.125. The molecule has 0 aliphatic rings. The average Bonchev–Trinajstić information content (AvgIpc) is 2.58. The molecule has 2 rings (SSSR count). The second-order valence-electron chi connectivity index (χ2n) is 4.35. The van der Waals surface area contributed by atoms with Gasteiger partial charge in [-0.05, 0) is 49.4 Å². The minimum absolute atomic E-state index is 0.0931. The molecular weight excluding hydrogens is 256 g/mol. The summed E-state index contributed by atoms with van der Waals surface area (Å²) in [5, 5.41) is -0.0931. The Morgan fingerprint density at radius 1 is 1.00 bits per heavy atom. The van der Waals surface area contributed by atoms with Crippen molar-refractivity contribution in [1.82, 2.24) is 0 Å².